The predicted octanol–water partition coefficient (Wildman–Crippen LogP) is 3.39. The third kappa shape index (κ3) is 5.84. The zero-order chi connectivity index (χ0) is 19.1. The summed E-state index contributed by atoms with van der Waals surface area (Å²) in [6.07, 6.45) is 3.99. The van der Waals surface area contributed by atoms with Crippen LogP contribution in [0.15, 0.2) is 24.3 Å². The first-order valence-corrected chi connectivity index (χ1v) is 9.75. The van der Waals surface area contributed by atoms with Gasteiger partial charge in [-0.2, -0.15) is 0 Å². The van der Waals surface area contributed by atoms with Gasteiger partial charge < -0.3 is 10.4 Å². The van der Waals surface area contributed by atoms with Gasteiger partial charge in [-0.25, -0.2) is 0 Å². The van der Waals surface area contributed by atoms with E-state index >= 15 is 0 Å². The molecule has 1 aromatic rings. The number of rotatable bonds is 8. The van der Waals surface area contributed by atoms with Crippen molar-refractivity contribution in [1.82, 2.24) is 10.2 Å². The van der Waals surface area contributed by atoms with E-state index in [1.807, 2.05) is 13.8 Å². The number of carbonyl (C=O) groups excluding carboxylic acids is 1. The van der Waals surface area contributed by atoms with Gasteiger partial charge in [0, 0.05) is 13.0 Å². The van der Waals surface area contributed by atoms with Gasteiger partial charge in [-0.05, 0) is 63.1 Å². The maximum atomic E-state index is 12.7. The van der Waals surface area contributed by atoms with Crippen molar-refractivity contribution in [1.29, 1.82) is 0 Å². The third-order valence-corrected chi connectivity index (χ3v) is 5.49. The van der Waals surface area contributed by atoms with Crippen LogP contribution in [-0.4, -0.2) is 41.0 Å². The summed E-state index contributed by atoms with van der Waals surface area (Å²) in [7, 11) is 0. The number of piperidine rings is 1. The number of amides is 1. The molecular formula is C21H32N2O3. The zero-order valence-electron chi connectivity index (χ0n) is 16.2. The van der Waals surface area contributed by atoms with E-state index in [0.29, 0.717) is 12.3 Å². The normalized spacial score (nSPS) is 20.3. The lowest BCUT2D eigenvalue weighted by Gasteiger charge is -2.36. The van der Waals surface area contributed by atoms with Crippen molar-refractivity contribution >= 4 is 11.9 Å². The number of likely N-dealkylation sites (tertiary alicyclic amines) is 1. The summed E-state index contributed by atoms with van der Waals surface area (Å²) < 4.78 is 0. The Hall–Kier alpha value is -1.88. The summed E-state index contributed by atoms with van der Waals surface area (Å²) in [4.78, 5) is 25.7. The van der Waals surface area contributed by atoms with Crippen molar-refractivity contribution in [2.45, 2.75) is 65.0 Å². The molecular weight excluding hydrogens is 328 g/mol. The minimum Gasteiger partial charge on any atom is -0.481 e. The summed E-state index contributed by atoms with van der Waals surface area (Å²) >= 11 is 0. The zero-order valence-corrected chi connectivity index (χ0v) is 16.2. The van der Waals surface area contributed by atoms with Crippen LogP contribution < -0.4 is 5.32 Å². The minimum atomic E-state index is -0.740. The van der Waals surface area contributed by atoms with Gasteiger partial charge in [0.05, 0.1) is 12.1 Å². The van der Waals surface area contributed by atoms with E-state index in [1.54, 1.807) is 0 Å². The number of hydrogen-bond acceptors (Lipinski definition) is 3. The highest BCUT2D eigenvalue weighted by molar-refractivity contribution is 5.81. The van der Waals surface area contributed by atoms with Crippen LogP contribution in [0.25, 0.3) is 0 Å². The Bertz CT molecular complexity index is 600. The molecule has 0 aromatic heterocycles. The topological polar surface area (TPSA) is 69.6 Å². The van der Waals surface area contributed by atoms with E-state index in [9.17, 15) is 9.59 Å². The summed E-state index contributed by atoms with van der Waals surface area (Å²) in [5.74, 6) is -0.333. The van der Waals surface area contributed by atoms with E-state index in [0.717, 1.165) is 37.9 Å². The first kappa shape index (κ1) is 20.4. The van der Waals surface area contributed by atoms with Gasteiger partial charge >= 0.3 is 5.97 Å². The Balaban J connectivity index is 1.88. The molecule has 5 heteroatoms. The molecule has 1 aromatic carbocycles. The molecule has 0 bridgehead atoms. The standard InChI is InChI=1S/C21H32N2O3/c1-4-17-7-10-19(11-8-17)15(2)22-21(26)16(3)23-13-5-6-18(14-23)9-12-20(24)25/h7-8,10-11,15-16,18H,4-6,9,12-14H2,1-3H3,(H,22,26)(H,24,25). The Morgan fingerprint density at radius 3 is 2.58 bits per heavy atom. The molecule has 3 atom stereocenters. The van der Waals surface area contributed by atoms with Gasteiger partial charge in [-0.15, -0.1) is 0 Å². The molecule has 1 heterocycles. The van der Waals surface area contributed by atoms with Crippen LogP contribution in [0.4, 0.5) is 0 Å². The number of nitrogens with zero attached hydrogens (tertiary/aromatic N) is 1. The molecule has 0 aliphatic carbocycles. The fourth-order valence-corrected chi connectivity index (χ4v) is 3.64. The third-order valence-electron chi connectivity index (χ3n) is 5.49. The number of carboxylic acid groups (broad SMARTS) is 1. The van der Waals surface area contributed by atoms with Gasteiger partial charge in [0.1, 0.15) is 0 Å². The number of hydrogen-bond donors (Lipinski definition) is 2. The van der Waals surface area contributed by atoms with Crippen LogP contribution in [0, 0.1) is 5.92 Å². The van der Waals surface area contributed by atoms with Crippen LogP contribution in [0.1, 0.15) is 63.6 Å². The second-order valence-electron chi connectivity index (χ2n) is 7.44. The molecule has 26 heavy (non-hydrogen) atoms. The van der Waals surface area contributed by atoms with E-state index in [4.69, 9.17) is 5.11 Å². The molecule has 1 fully saturated rings. The number of aliphatic carboxylic acids is 1. The predicted molar refractivity (Wildman–Crippen MR) is 103 cm³/mol. The van der Waals surface area contributed by atoms with Crippen LogP contribution >= 0.6 is 0 Å². The molecule has 5 nitrogen and oxygen atoms in total. The molecule has 1 aliphatic rings. The van der Waals surface area contributed by atoms with Gasteiger partial charge in [0.25, 0.3) is 0 Å². The highest BCUT2D eigenvalue weighted by atomic mass is 16.4. The number of nitrogens with one attached hydrogen (secondary N) is 1. The van der Waals surface area contributed by atoms with E-state index < -0.39 is 5.97 Å². The lowest BCUT2D eigenvalue weighted by atomic mass is 9.92. The maximum absolute atomic E-state index is 12.7. The van der Waals surface area contributed by atoms with Crippen molar-refractivity contribution in [2.24, 2.45) is 5.92 Å². The first-order chi connectivity index (χ1) is 12.4. The van der Waals surface area contributed by atoms with Gasteiger partial charge in [0.15, 0.2) is 0 Å². The van der Waals surface area contributed by atoms with Crippen LogP contribution in [0.2, 0.25) is 0 Å². The number of benzene rings is 1. The van der Waals surface area contributed by atoms with Crippen molar-refractivity contribution < 1.29 is 14.7 Å². The highest BCUT2D eigenvalue weighted by Gasteiger charge is 2.28. The summed E-state index contributed by atoms with van der Waals surface area (Å²) in [5, 5.41) is 12.0. The Labute approximate surface area is 156 Å². The lowest BCUT2D eigenvalue weighted by Crippen LogP contribution is -2.49. The van der Waals surface area contributed by atoms with Crippen molar-refractivity contribution in [3.05, 3.63) is 35.4 Å². The molecule has 0 radical (unpaired) electrons. The molecule has 0 spiro atoms. The van der Waals surface area contributed by atoms with E-state index in [2.05, 4.69) is 41.4 Å². The molecule has 3 unspecified atom stereocenters. The Morgan fingerprint density at radius 2 is 1.96 bits per heavy atom. The first-order valence-electron chi connectivity index (χ1n) is 9.75. The Morgan fingerprint density at radius 1 is 1.27 bits per heavy atom. The minimum absolute atomic E-state index is 0.0246. The largest absolute Gasteiger partial charge is 0.481 e. The summed E-state index contributed by atoms with van der Waals surface area (Å²) in [6.45, 7) is 7.79. The van der Waals surface area contributed by atoms with Gasteiger partial charge in [-0.3, -0.25) is 14.5 Å². The average Bonchev–Trinajstić information content (AvgIpc) is 2.65. The molecule has 1 amide bonds. The second-order valence-corrected chi connectivity index (χ2v) is 7.44. The summed E-state index contributed by atoms with van der Waals surface area (Å²) in [6, 6.07) is 8.16. The maximum Gasteiger partial charge on any atom is 0.303 e. The number of carboxylic acids is 1. The smallest absolute Gasteiger partial charge is 0.303 e. The average molecular weight is 360 g/mol. The molecule has 2 N–H and O–H groups in total. The van der Waals surface area contributed by atoms with Crippen LogP contribution in [-0.2, 0) is 16.0 Å². The monoisotopic (exact) mass is 360 g/mol. The fourth-order valence-electron chi connectivity index (χ4n) is 3.64. The molecule has 144 valence electrons. The molecule has 1 saturated heterocycles. The number of aryl methyl sites for hydroxylation is 1. The van der Waals surface area contributed by atoms with Crippen molar-refractivity contribution in [2.75, 3.05) is 13.1 Å². The molecule has 2 rings (SSSR count). The highest BCUT2D eigenvalue weighted by Crippen LogP contribution is 2.23. The van der Waals surface area contributed by atoms with E-state index in [1.165, 1.54) is 5.56 Å². The molecule has 1 aliphatic heterocycles. The van der Waals surface area contributed by atoms with Gasteiger partial charge in [-0.1, -0.05) is 31.2 Å². The van der Waals surface area contributed by atoms with Crippen LogP contribution in [0.5, 0.6) is 0 Å². The second kappa shape index (κ2) is 9.72. The Kier molecular flexibility index (Phi) is 7.64. The van der Waals surface area contributed by atoms with Crippen molar-refractivity contribution in [3.8, 4) is 0 Å². The SMILES string of the molecule is CCc1ccc(C(C)NC(=O)C(C)N2CCCC(CCC(=O)O)C2)cc1. The lowest BCUT2D eigenvalue weighted by molar-refractivity contribution is -0.137. The van der Waals surface area contributed by atoms with E-state index in [-0.39, 0.29) is 24.4 Å². The van der Waals surface area contributed by atoms with Gasteiger partial charge in [0.2, 0.25) is 5.91 Å². The fraction of sp³-hybridized carbons (Fsp3) is 0.619. The molecule has 0 saturated carbocycles. The van der Waals surface area contributed by atoms with Crippen molar-refractivity contribution in [3.63, 3.8) is 0 Å². The number of carbonyl (C=O) groups is 2. The quantitative estimate of drug-likeness (QED) is 0.745. The van der Waals surface area contributed by atoms with Crippen LogP contribution in [0.3, 0.4) is 0 Å². The summed E-state index contributed by atoms with van der Waals surface area (Å²) in [5.41, 5.74) is 2.40.